The van der Waals surface area contributed by atoms with Crippen LogP contribution in [0.5, 0.6) is 0 Å². The monoisotopic (exact) mass is 237 g/mol. The second-order valence-corrected chi connectivity index (χ2v) is 5.14. The van der Waals surface area contributed by atoms with Gasteiger partial charge in [-0.2, -0.15) is 16.8 Å². The molecule has 0 fully saturated rings. The standard InChI is InChI=1S/C3H9NO6S2.H2O/c1-11(5,6)10-3(2-4)12(7,8)9;/h3H,2,4H2,1H3,(H,7,8,9);1H2. The number of hydrogen-bond donors (Lipinski definition) is 2. The molecule has 8 nitrogen and oxygen atoms in total. The van der Waals surface area contributed by atoms with Crippen LogP contribution in [-0.4, -0.2) is 45.1 Å². The second kappa shape index (κ2) is 4.83. The summed E-state index contributed by atoms with van der Waals surface area (Å²) in [5.74, 6) is 0. The van der Waals surface area contributed by atoms with Crippen molar-refractivity contribution in [1.29, 1.82) is 0 Å². The lowest BCUT2D eigenvalue weighted by molar-refractivity contribution is 0.270. The molecule has 0 bridgehead atoms. The Labute approximate surface area is 75.9 Å². The summed E-state index contributed by atoms with van der Waals surface area (Å²) in [5.41, 5.74) is 2.91. The molecule has 0 saturated heterocycles. The maximum absolute atomic E-state index is 10.4. The van der Waals surface area contributed by atoms with Crippen molar-refractivity contribution in [1.82, 2.24) is 0 Å². The molecule has 1 atom stereocenters. The van der Waals surface area contributed by atoms with Crippen LogP contribution in [0.15, 0.2) is 0 Å². The van der Waals surface area contributed by atoms with Gasteiger partial charge < -0.3 is 11.2 Å². The maximum atomic E-state index is 10.4. The zero-order valence-electron chi connectivity index (χ0n) is 6.67. The number of nitrogens with two attached hydrogens (primary N) is 1. The Hall–Kier alpha value is -0.260. The van der Waals surface area contributed by atoms with E-state index in [1.165, 1.54) is 0 Å². The van der Waals surface area contributed by atoms with E-state index in [9.17, 15) is 16.8 Å². The van der Waals surface area contributed by atoms with Gasteiger partial charge in [-0.05, 0) is 0 Å². The van der Waals surface area contributed by atoms with E-state index in [4.69, 9.17) is 10.3 Å². The van der Waals surface area contributed by atoms with Gasteiger partial charge in [0.05, 0.1) is 6.26 Å². The van der Waals surface area contributed by atoms with Crippen LogP contribution in [0.4, 0.5) is 0 Å². The minimum atomic E-state index is -4.57. The van der Waals surface area contributed by atoms with Crippen molar-refractivity contribution in [2.24, 2.45) is 5.73 Å². The molecule has 10 heteroatoms. The Morgan fingerprint density at radius 1 is 1.38 bits per heavy atom. The highest BCUT2D eigenvalue weighted by atomic mass is 32.2. The molecule has 0 aromatic rings. The molecule has 0 aliphatic heterocycles. The third kappa shape index (κ3) is 6.86. The van der Waals surface area contributed by atoms with Crippen molar-refractivity contribution in [3.05, 3.63) is 0 Å². The van der Waals surface area contributed by atoms with E-state index < -0.39 is 32.2 Å². The van der Waals surface area contributed by atoms with Crippen LogP contribution in [0.2, 0.25) is 0 Å². The van der Waals surface area contributed by atoms with E-state index in [2.05, 4.69) is 4.18 Å². The molecular weight excluding hydrogens is 226 g/mol. The second-order valence-electron chi connectivity index (χ2n) is 1.98. The van der Waals surface area contributed by atoms with E-state index >= 15 is 0 Å². The van der Waals surface area contributed by atoms with E-state index in [0.29, 0.717) is 6.26 Å². The molecule has 0 amide bonds. The van der Waals surface area contributed by atoms with Crippen molar-refractivity contribution < 1.29 is 31.0 Å². The molecule has 0 aromatic carbocycles. The number of hydrogen-bond acceptors (Lipinski definition) is 6. The van der Waals surface area contributed by atoms with E-state index in [0.717, 1.165) is 0 Å². The van der Waals surface area contributed by atoms with E-state index in [-0.39, 0.29) is 5.48 Å². The fraction of sp³-hybridized carbons (Fsp3) is 1.00. The van der Waals surface area contributed by atoms with Gasteiger partial charge in [-0.25, -0.2) is 4.18 Å². The summed E-state index contributed by atoms with van der Waals surface area (Å²) in [7, 11) is -8.51. The van der Waals surface area contributed by atoms with Crippen LogP contribution in [-0.2, 0) is 24.4 Å². The van der Waals surface area contributed by atoms with Crippen LogP contribution in [0, 0.1) is 0 Å². The van der Waals surface area contributed by atoms with Gasteiger partial charge in [0, 0.05) is 6.54 Å². The first-order chi connectivity index (χ1) is 5.17. The summed E-state index contributed by atoms with van der Waals surface area (Å²) < 4.78 is 53.7. The molecule has 0 aromatic heterocycles. The predicted octanol–water partition coefficient (Wildman–Crippen LogP) is -2.69. The summed E-state index contributed by atoms with van der Waals surface area (Å²) in [5, 5.41) is 0. The molecule has 5 N–H and O–H groups in total. The Morgan fingerprint density at radius 2 is 1.77 bits per heavy atom. The zero-order valence-corrected chi connectivity index (χ0v) is 8.30. The minimum Gasteiger partial charge on any atom is -0.412 e. The van der Waals surface area contributed by atoms with Gasteiger partial charge in [0.2, 0.25) is 5.44 Å². The molecule has 13 heavy (non-hydrogen) atoms. The fourth-order valence-corrected chi connectivity index (χ4v) is 1.94. The maximum Gasteiger partial charge on any atom is 0.295 e. The summed E-state index contributed by atoms with van der Waals surface area (Å²) in [4.78, 5) is 0. The Kier molecular flexibility index (Phi) is 5.66. The molecule has 0 heterocycles. The lowest BCUT2D eigenvalue weighted by Crippen LogP contribution is -2.33. The van der Waals surface area contributed by atoms with Crippen LogP contribution in [0.1, 0.15) is 0 Å². The normalized spacial score (nSPS) is 14.7. The third-order valence-electron chi connectivity index (χ3n) is 0.807. The fourth-order valence-electron chi connectivity index (χ4n) is 0.405. The SMILES string of the molecule is CS(=O)(=O)OC(CN)S(=O)(=O)O.O. The first kappa shape index (κ1) is 15.2. The van der Waals surface area contributed by atoms with Gasteiger partial charge in [0.25, 0.3) is 20.2 Å². The van der Waals surface area contributed by atoms with Crippen molar-refractivity contribution in [3.8, 4) is 0 Å². The summed E-state index contributed by atoms with van der Waals surface area (Å²) >= 11 is 0. The molecule has 0 radical (unpaired) electrons. The quantitative estimate of drug-likeness (QED) is 0.398. The van der Waals surface area contributed by atoms with Gasteiger partial charge in [0.15, 0.2) is 0 Å². The Bertz CT molecular complexity index is 329. The van der Waals surface area contributed by atoms with Crippen molar-refractivity contribution in [2.45, 2.75) is 5.44 Å². The first-order valence-corrected chi connectivity index (χ1v) is 6.03. The molecule has 82 valence electrons. The minimum absolute atomic E-state index is 0. The largest absolute Gasteiger partial charge is 0.412 e. The van der Waals surface area contributed by atoms with Crippen molar-refractivity contribution in [2.75, 3.05) is 12.8 Å². The molecular formula is C3H11NO7S2. The highest BCUT2D eigenvalue weighted by Crippen LogP contribution is 2.02. The topological polar surface area (TPSA) is 155 Å². The highest BCUT2D eigenvalue weighted by molar-refractivity contribution is 7.89. The van der Waals surface area contributed by atoms with Crippen LogP contribution in [0.25, 0.3) is 0 Å². The van der Waals surface area contributed by atoms with Crippen LogP contribution < -0.4 is 5.73 Å². The highest BCUT2D eigenvalue weighted by Gasteiger charge is 2.26. The molecule has 1 unspecified atom stereocenters. The third-order valence-corrected chi connectivity index (χ3v) is 2.46. The van der Waals surface area contributed by atoms with Crippen molar-refractivity contribution >= 4 is 20.2 Å². The molecule has 0 saturated carbocycles. The Morgan fingerprint density at radius 3 is 1.85 bits per heavy atom. The average Bonchev–Trinajstić information content (AvgIpc) is 1.78. The van der Waals surface area contributed by atoms with Crippen molar-refractivity contribution in [3.63, 3.8) is 0 Å². The smallest absolute Gasteiger partial charge is 0.295 e. The first-order valence-electron chi connectivity index (χ1n) is 2.71. The zero-order chi connectivity index (χ0) is 9.99. The lowest BCUT2D eigenvalue weighted by Gasteiger charge is -2.09. The molecule has 0 spiro atoms. The van der Waals surface area contributed by atoms with E-state index in [1.54, 1.807) is 0 Å². The van der Waals surface area contributed by atoms with Gasteiger partial charge in [-0.1, -0.05) is 0 Å². The Balaban J connectivity index is 0. The van der Waals surface area contributed by atoms with Gasteiger partial charge in [-0.3, -0.25) is 4.55 Å². The summed E-state index contributed by atoms with van der Waals surface area (Å²) in [6.45, 7) is -0.633. The van der Waals surface area contributed by atoms with Gasteiger partial charge in [-0.15, -0.1) is 0 Å². The van der Waals surface area contributed by atoms with Crippen LogP contribution >= 0.6 is 0 Å². The van der Waals surface area contributed by atoms with E-state index in [1.807, 2.05) is 0 Å². The molecule has 0 rings (SSSR count). The molecule has 0 aliphatic carbocycles. The lowest BCUT2D eigenvalue weighted by atomic mass is 10.7. The summed E-state index contributed by atoms with van der Waals surface area (Å²) in [6.07, 6.45) is 0.654. The number of rotatable bonds is 4. The van der Waals surface area contributed by atoms with Crippen LogP contribution in [0.3, 0.4) is 0 Å². The van der Waals surface area contributed by atoms with Gasteiger partial charge in [0.1, 0.15) is 0 Å². The average molecular weight is 237 g/mol. The van der Waals surface area contributed by atoms with Gasteiger partial charge >= 0.3 is 0 Å². The summed E-state index contributed by atoms with van der Waals surface area (Å²) in [6, 6.07) is 0. The predicted molar refractivity (Wildman–Crippen MR) is 43.9 cm³/mol. The molecule has 0 aliphatic rings.